The predicted octanol–water partition coefficient (Wildman–Crippen LogP) is 1.84. The Kier molecular flexibility index (Phi) is 4.40. The number of hydrogen-bond acceptors (Lipinski definition) is 3. The average molecular weight is 196 g/mol. The van der Waals surface area contributed by atoms with E-state index in [9.17, 15) is 4.79 Å². The molecule has 1 heterocycles. The lowest BCUT2D eigenvalue weighted by Gasteiger charge is -2.18. The molecule has 0 fully saturated rings. The van der Waals surface area contributed by atoms with Crippen molar-refractivity contribution in [1.29, 1.82) is 0 Å². The molecular formula is C11H16O3. The first-order valence-corrected chi connectivity index (χ1v) is 4.75. The SMILES string of the molecule is CC(=O)OC/C=C/C1CC(C)=CCO1. The van der Waals surface area contributed by atoms with Crippen LogP contribution in [0.1, 0.15) is 20.3 Å². The summed E-state index contributed by atoms with van der Waals surface area (Å²) < 4.78 is 10.2. The van der Waals surface area contributed by atoms with Crippen LogP contribution in [0.4, 0.5) is 0 Å². The van der Waals surface area contributed by atoms with Gasteiger partial charge in [-0.3, -0.25) is 4.79 Å². The van der Waals surface area contributed by atoms with Crippen molar-refractivity contribution in [1.82, 2.24) is 0 Å². The van der Waals surface area contributed by atoms with Gasteiger partial charge in [0, 0.05) is 6.92 Å². The van der Waals surface area contributed by atoms with Gasteiger partial charge in [0.2, 0.25) is 0 Å². The number of hydrogen-bond donors (Lipinski definition) is 0. The molecular weight excluding hydrogens is 180 g/mol. The lowest BCUT2D eigenvalue weighted by Crippen LogP contribution is -2.15. The lowest BCUT2D eigenvalue weighted by atomic mass is 10.1. The van der Waals surface area contributed by atoms with Crippen LogP contribution in [0, 0.1) is 0 Å². The number of ether oxygens (including phenoxy) is 2. The third kappa shape index (κ3) is 4.23. The molecule has 0 amide bonds. The van der Waals surface area contributed by atoms with E-state index in [0.29, 0.717) is 13.2 Å². The summed E-state index contributed by atoms with van der Waals surface area (Å²) in [7, 11) is 0. The van der Waals surface area contributed by atoms with E-state index >= 15 is 0 Å². The smallest absolute Gasteiger partial charge is 0.302 e. The molecule has 1 unspecified atom stereocenters. The normalized spacial score (nSPS) is 22.1. The highest BCUT2D eigenvalue weighted by atomic mass is 16.5. The summed E-state index contributed by atoms with van der Waals surface area (Å²) in [5, 5.41) is 0. The van der Waals surface area contributed by atoms with Crippen molar-refractivity contribution in [3.63, 3.8) is 0 Å². The summed E-state index contributed by atoms with van der Waals surface area (Å²) in [4.78, 5) is 10.5. The standard InChI is InChI=1S/C11H16O3/c1-9-5-7-14-11(8-9)4-3-6-13-10(2)12/h3-5,11H,6-8H2,1-2H3/b4-3+. The fourth-order valence-electron chi connectivity index (χ4n) is 1.27. The van der Waals surface area contributed by atoms with Crippen LogP contribution >= 0.6 is 0 Å². The monoisotopic (exact) mass is 196 g/mol. The Morgan fingerprint density at radius 1 is 1.79 bits per heavy atom. The van der Waals surface area contributed by atoms with Crippen molar-refractivity contribution in [3.8, 4) is 0 Å². The fraction of sp³-hybridized carbons (Fsp3) is 0.545. The molecule has 0 aromatic carbocycles. The first-order chi connectivity index (χ1) is 6.68. The van der Waals surface area contributed by atoms with Gasteiger partial charge in [0.1, 0.15) is 6.61 Å². The molecule has 0 aliphatic carbocycles. The Labute approximate surface area is 84.4 Å². The highest BCUT2D eigenvalue weighted by molar-refractivity contribution is 5.65. The highest BCUT2D eigenvalue weighted by Crippen LogP contribution is 2.14. The second kappa shape index (κ2) is 5.60. The largest absolute Gasteiger partial charge is 0.462 e. The Bertz CT molecular complexity index is 253. The van der Waals surface area contributed by atoms with Gasteiger partial charge >= 0.3 is 5.97 Å². The number of rotatable bonds is 3. The van der Waals surface area contributed by atoms with E-state index in [1.807, 2.05) is 12.2 Å². The molecule has 0 aromatic rings. The van der Waals surface area contributed by atoms with E-state index in [2.05, 4.69) is 13.0 Å². The van der Waals surface area contributed by atoms with Crippen LogP contribution in [-0.2, 0) is 14.3 Å². The molecule has 0 saturated heterocycles. The maximum Gasteiger partial charge on any atom is 0.302 e. The maximum absolute atomic E-state index is 10.5. The van der Waals surface area contributed by atoms with Crippen LogP contribution in [0.5, 0.6) is 0 Å². The molecule has 3 heteroatoms. The minimum absolute atomic E-state index is 0.135. The molecule has 0 aromatic heterocycles. The molecule has 78 valence electrons. The van der Waals surface area contributed by atoms with Gasteiger partial charge in [-0.15, -0.1) is 0 Å². The molecule has 1 atom stereocenters. The summed E-state index contributed by atoms with van der Waals surface area (Å²) in [5.41, 5.74) is 1.35. The van der Waals surface area contributed by atoms with Gasteiger partial charge in [-0.2, -0.15) is 0 Å². The number of carbonyl (C=O) groups is 1. The third-order valence-electron chi connectivity index (χ3n) is 2.00. The van der Waals surface area contributed by atoms with E-state index in [4.69, 9.17) is 9.47 Å². The Morgan fingerprint density at radius 3 is 3.21 bits per heavy atom. The molecule has 0 N–H and O–H groups in total. The number of carbonyl (C=O) groups excluding carboxylic acids is 1. The Morgan fingerprint density at radius 2 is 2.57 bits per heavy atom. The van der Waals surface area contributed by atoms with Crippen LogP contribution in [0.15, 0.2) is 23.8 Å². The van der Waals surface area contributed by atoms with Crippen molar-refractivity contribution in [2.24, 2.45) is 0 Å². The molecule has 14 heavy (non-hydrogen) atoms. The minimum Gasteiger partial charge on any atom is -0.462 e. The van der Waals surface area contributed by atoms with Gasteiger partial charge in [-0.1, -0.05) is 17.7 Å². The second-order valence-electron chi connectivity index (χ2n) is 3.36. The first-order valence-electron chi connectivity index (χ1n) is 4.75. The fourth-order valence-corrected chi connectivity index (χ4v) is 1.27. The van der Waals surface area contributed by atoms with E-state index < -0.39 is 0 Å². The van der Waals surface area contributed by atoms with Crippen LogP contribution in [0.2, 0.25) is 0 Å². The van der Waals surface area contributed by atoms with Crippen molar-refractivity contribution < 1.29 is 14.3 Å². The molecule has 0 spiro atoms. The van der Waals surface area contributed by atoms with Gasteiger partial charge in [0.15, 0.2) is 0 Å². The molecule has 1 aliphatic rings. The second-order valence-corrected chi connectivity index (χ2v) is 3.36. The molecule has 3 nitrogen and oxygen atoms in total. The van der Waals surface area contributed by atoms with Gasteiger partial charge in [0.05, 0.1) is 12.7 Å². The predicted molar refractivity (Wildman–Crippen MR) is 53.9 cm³/mol. The Hall–Kier alpha value is -1.09. The van der Waals surface area contributed by atoms with Crippen LogP contribution in [-0.4, -0.2) is 25.3 Å². The van der Waals surface area contributed by atoms with Crippen molar-refractivity contribution in [2.75, 3.05) is 13.2 Å². The lowest BCUT2D eigenvalue weighted by molar-refractivity contribution is -0.139. The Balaban J connectivity index is 2.23. The van der Waals surface area contributed by atoms with Crippen molar-refractivity contribution in [2.45, 2.75) is 26.4 Å². The van der Waals surface area contributed by atoms with Gasteiger partial charge in [-0.25, -0.2) is 0 Å². The molecule has 0 saturated carbocycles. The topological polar surface area (TPSA) is 35.5 Å². The van der Waals surface area contributed by atoms with Crippen LogP contribution < -0.4 is 0 Å². The molecule has 1 rings (SSSR count). The van der Waals surface area contributed by atoms with E-state index in [0.717, 1.165) is 6.42 Å². The first kappa shape index (κ1) is 11.0. The average Bonchev–Trinajstić information content (AvgIpc) is 2.12. The van der Waals surface area contributed by atoms with Crippen molar-refractivity contribution >= 4 is 5.97 Å². The highest BCUT2D eigenvalue weighted by Gasteiger charge is 2.09. The van der Waals surface area contributed by atoms with E-state index in [1.165, 1.54) is 12.5 Å². The van der Waals surface area contributed by atoms with E-state index in [-0.39, 0.29) is 12.1 Å². The minimum atomic E-state index is -0.254. The number of esters is 1. The third-order valence-corrected chi connectivity index (χ3v) is 2.00. The zero-order valence-electron chi connectivity index (χ0n) is 8.66. The maximum atomic E-state index is 10.5. The van der Waals surface area contributed by atoms with Gasteiger partial charge in [0.25, 0.3) is 0 Å². The summed E-state index contributed by atoms with van der Waals surface area (Å²) >= 11 is 0. The summed E-state index contributed by atoms with van der Waals surface area (Å²) in [6.45, 7) is 4.50. The van der Waals surface area contributed by atoms with Gasteiger partial charge in [-0.05, 0) is 19.4 Å². The van der Waals surface area contributed by atoms with Crippen LogP contribution in [0.25, 0.3) is 0 Å². The molecule has 0 bridgehead atoms. The zero-order chi connectivity index (χ0) is 10.4. The quantitative estimate of drug-likeness (QED) is 0.510. The van der Waals surface area contributed by atoms with Gasteiger partial charge < -0.3 is 9.47 Å². The molecule has 0 radical (unpaired) electrons. The van der Waals surface area contributed by atoms with Crippen LogP contribution in [0.3, 0.4) is 0 Å². The zero-order valence-corrected chi connectivity index (χ0v) is 8.66. The summed E-state index contributed by atoms with van der Waals surface area (Å²) in [6, 6.07) is 0. The van der Waals surface area contributed by atoms with E-state index in [1.54, 1.807) is 0 Å². The summed E-state index contributed by atoms with van der Waals surface area (Å²) in [5.74, 6) is -0.254. The van der Waals surface area contributed by atoms with Crippen molar-refractivity contribution in [3.05, 3.63) is 23.8 Å². The summed E-state index contributed by atoms with van der Waals surface area (Å²) in [6.07, 6.45) is 6.91. The molecule has 1 aliphatic heterocycles.